The molecule has 0 fully saturated rings. The van der Waals surface area contributed by atoms with E-state index in [1.54, 1.807) is 0 Å². The lowest BCUT2D eigenvalue weighted by Crippen LogP contribution is -2.34. The van der Waals surface area contributed by atoms with Crippen molar-refractivity contribution < 1.29 is 5.11 Å². The van der Waals surface area contributed by atoms with Gasteiger partial charge in [0, 0.05) is 36.1 Å². The maximum absolute atomic E-state index is 11.1. The third-order valence-electron chi connectivity index (χ3n) is 4.95. The molecule has 1 aromatic carbocycles. The number of benzene rings is 1. The summed E-state index contributed by atoms with van der Waals surface area (Å²) in [7, 11) is 4.18. The van der Waals surface area contributed by atoms with Crippen molar-refractivity contribution in [1.29, 1.82) is 0 Å². The van der Waals surface area contributed by atoms with E-state index in [2.05, 4.69) is 87.5 Å². The molecule has 0 spiro atoms. The van der Waals surface area contributed by atoms with Crippen molar-refractivity contribution in [2.45, 2.75) is 45.4 Å². The molecule has 1 aliphatic heterocycles. The molecule has 0 amide bonds. The molecule has 1 atom stereocenters. The highest BCUT2D eigenvalue weighted by Gasteiger charge is 2.23. The molecule has 0 saturated carbocycles. The highest BCUT2D eigenvalue weighted by molar-refractivity contribution is 5.84. The van der Waals surface area contributed by atoms with Gasteiger partial charge in [-0.2, -0.15) is 0 Å². The Morgan fingerprint density at radius 3 is 2.62 bits per heavy atom. The molecule has 26 heavy (non-hydrogen) atoms. The minimum absolute atomic E-state index is 0.00246. The van der Waals surface area contributed by atoms with Crippen LogP contribution in [-0.2, 0) is 6.42 Å². The number of likely N-dealkylation sites (N-methyl/N-ethyl adjacent to an activating group) is 1. The molecule has 0 saturated heterocycles. The molecule has 0 aliphatic carbocycles. The van der Waals surface area contributed by atoms with Crippen LogP contribution in [0.3, 0.4) is 0 Å². The molecule has 4 heteroatoms. The van der Waals surface area contributed by atoms with Gasteiger partial charge in [-0.15, -0.1) is 0 Å². The largest absolute Gasteiger partial charge is 0.369 e. The number of aliphatic hydroxyl groups is 1. The molecule has 1 N–H and O–H groups in total. The lowest BCUT2D eigenvalue weighted by Gasteiger charge is -2.35. The van der Waals surface area contributed by atoms with Gasteiger partial charge in [-0.05, 0) is 64.9 Å². The molecule has 3 rings (SSSR count). The minimum Gasteiger partial charge on any atom is -0.369 e. The first-order valence-corrected chi connectivity index (χ1v) is 9.34. The Morgan fingerprint density at radius 2 is 1.92 bits per heavy atom. The lowest BCUT2D eigenvalue weighted by molar-refractivity contribution is 0.138. The van der Waals surface area contributed by atoms with Crippen LogP contribution in [0, 0.1) is 0 Å². The Kier molecular flexibility index (Phi) is 5.26. The number of aromatic nitrogens is 1. The van der Waals surface area contributed by atoms with Crippen LogP contribution in [0.4, 0.5) is 0 Å². The van der Waals surface area contributed by atoms with Gasteiger partial charge < -0.3 is 19.5 Å². The SMILES string of the molecule is CN(C)CCc1cn(C(O)C2=CN(C(C)(C)C)C=CC2)c2ccccc12. The van der Waals surface area contributed by atoms with Crippen LogP contribution in [0.2, 0.25) is 0 Å². The summed E-state index contributed by atoms with van der Waals surface area (Å²) < 4.78 is 2.02. The number of allylic oxidation sites excluding steroid dienone is 1. The monoisotopic (exact) mass is 353 g/mol. The summed E-state index contributed by atoms with van der Waals surface area (Å²) in [5.41, 5.74) is 3.39. The van der Waals surface area contributed by atoms with E-state index in [1.807, 2.05) is 10.6 Å². The van der Waals surface area contributed by atoms with Crippen LogP contribution >= 0.6 is 0 Å². The van der Waals surface area contributed by atoms with Gasteiger partial charge >= 0.3 is 0 Å². The van der Waals surface area contributed by atoms with Gasteiger partial charge in [0.15, 0.2) is 6.23 Å². The average molecular weight is 354 g/mol. The van der Waals surface area contributed by atoms with Crippen molar-refractivity contribution in [2.24, 2.45) is 0 Å². The first-order valence-electron chi connectivity index (χ1n) is 9.34. The Bertz CT molecular complexity index is 824. The van der Waals surface area contributed by atoms with Crippen molar-refractivity contribution in [3.8, 4) is 0 Å². The quantitative estimate of drug-likeness (QED) is 0.877. The fraction of sp³-hybridized carbons (Fsp3) is 0.455. The van der Waals surface area contributed by atoms with E-state index in [0.717, 1.165) is 30.5 Å². The standard InChI is InChI=1S/C22H31N3O/c1-22(2,3)24-13-8-9-18(15-24)21(26)25-16-17(12-14-23(4)5)19-10-6-7-11-20(19)25/h6-8,10-11,13,15-16,21,26H,9,12,14H2,1-5H3. The second-order valence-corrected chi connectivity index (χ2v) is 8.38. The molecule has 1 unspecified atom stereocenters. The van der Waals surface area contributed by atoms with Crippen molar-refractivity contribution >= 4 is 10.9 Å². The predicted molar refractivity (Wildman–Crippen MR) is 109 cm³/mol. The zero-order chi connectivity index (χ0) is 18.9. The molecule has 2 aromatic rings. The van der Waals surface area contributed by atoms with E-state index in [4.69, 9.17) is 0 Å². The normalized spacial score (nSPS) is 16.4. The van der Waals surface area contributed by atoms with E-state index in [0.29, 0.717) is 0 Å². The van der Waals surface area contributed by atoms with Crippen LogP contribution in [-0.4, -0.2) is 45.7 Å². The molecule has 0 bridgehead atoms. The average Bonchev–Trinajstić information content (AvgIpc) is 2.97. The Labute approximate surface area is 157 Å². The summed E-state index contributed by atoms with van der Waals surface area (Å²) in [4.78, 5) is 4.37. The second-order valence-electron chi connectivity index (χ2n) is 8.38. The summed E-state index contributed by atoms with van der Waals surface area (Å²) in [6.45, 7) is 7.52. The molecule has 140 valence electrons. The lowest BCUT2D eigenvalue weighted by atomic mass is 10.0. The molecule has 2 heterocycles. The Morgan fingerprint density at radius 1 is 1.19 bits per heavy atom. The Balaban J connectivity index is 1.96. The fourth-order valence-corrected chi connectivity index (χ4v) is 3.37. The number of aliphatic hydroxyl groups excluding tert-OH is 1. The van der Waals surface area contributed by atoms with Crippen molar-refractivity contribution in [3.05, 3.63) is 60.1 Å². The summed E-state index contributed by atoms with van der Waals surface area (Å²) in [6, 6.07) is 8.36. The van der Waals surface area contributed by atoms with E-state index < -0.39 is 6.23 Å². The zero-order valence-corrected chi connectivity index (χ0v) is 16.6. The number of hydrogen-bond donors (Lipinski definition) is 1. The maximum Gasteiger partial charge on any atom is 0.155 e. The van der Waals surface area contributed by atoms with Crippen LogP contribution in [0.5, 0.6) is 0 Å². The smallest absolute Gasteiger partial charge is 0.155 e. The molecular weight excluding hydrogens is 322 g/mol. The van der Waals surface area contributed by atoms with Gasteiger partial charge in [-0.3, -0.25) is 0 Å². The number of hydrogen-bond acceptors (Lipinski definition) is 3. The van der Waals surface area contributed by atoms with E-state index in [9.17, 15) is 5.11 Å². The first-order chi connectivity index (χ1) is 12.3. The summed E-state index contributed by atoms with van der Waals surface area (Å²) in [5, 5.41) is 12.4. The van der Waals surface area contributed by atoms with Crippen LogP contribution < -0.4 is 0 Å². The van der Waals surface area contributed by atoms with Crippen molar-refractivity contribution in [1.82, 2.24) is 14.4 Å². The van der Waals surface area contributed by atoms with Gasteiger partial charge in [0.2, 0.25) is 0 Å². The highest BCUT2D eigenvalue weighted by Crippen LogP contribution is 2.31. The Hall–Kier alpha value is -2.04. The van der Waals surface area contributed by atoms with Crippen LogP contribution in [0.1, 0.15) is 39.0 Å². The summed E-state index contributed by atoms with van der Waals surface area (Å²) in [5.74, 6) is 0. The van der Waals surface area contributed by atoms with E-state index in [1.165, 1.54) is 10.9 Å². The van der Waals surface area contributed by atoms with Gasteiger partial charge in [0.1, 0.15) is 0 Å². The third kappa shape index (κ3) is 3.87. The molecule has 1 aliphatic rings. The topological polar surface area (TPSA) is 31.6 Å². The van der Waals surface area contributed by atoms with Gasteiger partial charge in [-0.25, -0.2) is 0 Å². The van der Waals surface area contributed by atoms with Crippen LogP contribution in [0.15, 0.2) is 54.5 Å². The number of fused-ring (bicyclic) bond motifs is 1. The zero-order valence-electron chi connectivity index (χ0n) is 16.6. The molecule has 1 aromatic heterocycles. The summed E-state index contributed by atoms with van der Waals surface area (Å²) in [6.07, 6.45) is 9.55. The number of nitrogens with zero attached hydrogens (tertiary/aromatic N) is 3. The molecular formula is C22H31N3O. The fourth-order valence-electron chi connectivity index (χ4n) is 3.37. The van der Waals surface area contributed by atoms with Crippen LogP contribution in [0.25, 0.3) is 10.9 Å². The minimum atomic E-state index is -0.650. The third-order valence-corrected chi connectivity index (χ3v) is 4.95. The summed E-state index contributed by atoms with van der Waals surface area (Å²) >= 11 is 0. The second kappa shape index (κ2) is 7.29. The molecule has 0 radical (unpaired) electrons. The molecule has 4 nitrogen and oxygen atoms in total. The van der Waals surface area contributed by atoms with E-state index in [-0.39, 0.29) is 5.54 Å². The van der Waals surface area contributed by atoms with Crippen molar-refractivity contribution in [3.63, 3.8) is 0 Å². The maximum atomic E-state index is 11.1. The van der Waals surface area contributed by atoms with Gasteiger partial charge in [0.05, 0.1) is 5.52 Å². The van der Waals surface area contributed by atoms with Gasteiger partial charge in [0.25, 0.3) is 0 Å². The highest BCUT2D eigenvalue weighted by atomic mass is 16.3. The van der Waals surface area contributed by atoms with Crippen molar-refractivity contribution in [2.75, 3.05) is 20.6 Å². The first kappa shape index (κ1) is 18.7. The van der Waals surface area contributed by atoms with Gasteiger partial charge in [-0.1, -0.05) is 24.3 Å². The number of para-hydroxylation sites is 1. The predicted octanol–water partition coefficient (Wildman–Crippen LogP) is 4.14. The number of rotatable bonds is 5. The van der Waals surface area contributed by atoms with E-state index >= 15 is 0 Å².